The number of hydrogen-bond acceptors (Lipinski definition) is 3. The summed E-state index contributed by atoms with van der Waals surface area (Å²) < 4.78 is 5.18. The molecule has 0 radical (unpaired) electrons. The normalized spacial score (nSPS) is 14.3. The Morgan fingerprint density at radius 2 is 1.94 bits per heavy atom. The van der Waals surface area contributed by atoms with E-state index < -0.39 is 12.2 Å². The second-order valence-electron chi connectivity index (χ2n) is 4.76. The monoisotopic (exact) mass is 270 g/mol. The Hall–Kier alpha value is -1.06. The Morgan fingerprint density at radius 1 is 1.33 bits per heavy atom. The molecule has 0 saturated carbocycles. The molecule has 0 heterocycles. The van der Waals surface area contributed by atoms with Gasteiger partial charge in [0.2, 0.25) is 0 Å². The number of hydrogen-bond donors (Lipinski definition) is 1. The van der Waals surface area contributed by atoms with E-state index in [1.807, 2.05) is 13.8 Å². The van der Waals surface area contributed by atoms with Crippen LogP contribution < -0.4 is 0 Å². The minimum Gasteiger partial charge on any atom is -0.460 e. The van der Waals surface area contributed by atoms with Gasteiger partial charge < -0.3 is 9.84 Å². The van der Waals surface area contributed by atoms with Crippen LogP contribution >= 0.6 is 11.6 Å². The highest BCUT2D eigenvalue weighted by Gasteiger charge is 2.22. The Morgan fingerprint density at radius 3 is 2.50 bits per heavy atom. The van der Waals surface area contributed by atoms with E-state index in [0.29, 0.717) is 17.0 Å². The maximum Gasteiger partial charge on any atom is 0.306 e. The SMILES string of the molecule is CC(C)CC(=O)O[C@H](C)[C@H](O)c1ccccc1Cl. The van der Waals surface area contributed by atoms with Crippen LogP contribution in [0.3, 0.4) is 0 Å². The molecule has 18 heavy (non-hydrogen) atoms. The third kappa shape index (κ3) is 4.31. The largest absolute Gasteiger partial charge is 0.460 e. The van der Waals surface area contributed by atoms with Crippen molar-refractivity contribution < 1.29 is 14.6 Å². The van der Waals surface area contributed by atoms with Crippen molar-refractivity contribution in [2.24, 2.45) is 5.92 Å². The molecule has 4 heteroatoms. The molecule has 0 spiro atoms. The molecule has 1 rings (SSSR count). The smallest absolute Gasteiger partial charge is 0.306 e. The van der Waals surface area contributed by atoms with Gasteiger partial charge in [0.05, 0.1) is 0 Å². The van der Waals surface area contributed by atoms with Gasteiger partial charge in [0.25, 0.3) is 0 Å². The topological polar surface area (TPSA) is 46.5 Å². The minimum atomic E-state index is -0.908. The molecule has 1 aromatic carbocycles. The van der Waals surface area contributed by atoms with Crippen LogP contribution in [0.5, 0.6) is 0 Å². The van der Waals surface area contributed by atoms with Crippen LogP contribution in [-0.4, -0.2) is 17.2 Å². The fourth-order valence-electron chi connectivity index (χ4n) is 1.62. The van der Waals surface area contributed by atoms with Crippen molar-refractivity contribution in [1.29, 1.82) is 0 Å². The summed E-state index contributed by atoms with van der Waals surface area (Å²) in [5.74, 6) is -0.0641. The van der Waals surface area contributed by atoms with Gasteiger partial charge in [-0.15, -0.1) is 0 Å². The lowest BCUT2D eigenvalue weighted by Gasteiger charge is -2.21. The van der Waals surface area contributed by atoms with E-state index in [-0.39, 0.29) is 11.9 Å². The second-order valence-corrected chi connectivity index (χ2v) is 5.17. The summed E-state index contributed by atoms with van der Waals surface area (Å²) in [6, 6.07) is 6.99. The summed E-state index contributed by atoms with van der Waals surface area (Å²) in [7, 11) is 0. The van der Waals surface area contributed by atoms with Gasteiger partial charge in [-0.2, -0.15) is 0 Å². The average molecular weight is 271 g/mol. The first-order valence-corrected chi connectivity index (χ1v) is 6.41. The van der Waals surface area contributed by atoms with Crippen molar-refractivity contribution in [2.45, 2.75) is 39.4 Å². The number of rotatable bonds is 5. The number of halogens is 1. The number of benzene rings is 1. The number of aliphatic hydroxyl groups is 1. The van der Waals surface area contributed by atoms with Crippen LogP contribution in [0.4, 0.5) is 0 Å². The molecular weight excluding hydrogens is 252 g/mol. The second kappa shape index (κ2) is 6.76. The number of ether oxygens (including phenoxy) is 1. The van der Waals surface area contributed by atoms with Gasteiger partial charge in [-0.05, 0) is 18.9 Å². The quantitative estimate of drug-likeness (QED) is 0.835. The molecule has 0 amide bonds. The van der Waals surface area contributed by atoms with Crippen molar-refractivity contribution in [2.75, 3.05) is 0 Å². The summed E-state index contributed by atoms with van der Waals surface area (Å²) >= 11 is 5.98. The molecule has 0 bridgehead atoms. The highest BCUT2D eigenvalue weighted by atomic mass is 35.5. The van der Waals surface area contributed by atoms with Gasteiger partial charge >= 0.3 is 5.97 Å². The fourth-order valence-corrected chi connectivity index (χ4v) is 1.87. The van der Waals surface area contributed by atoms with Gasteiger partial charge in [-0.1, -0.05) is 43.6 Å². The first-order chi connectivity index (χ1) is 8.41. The van der Waals surface area contributed by atoms with Crippen molar-refractivity contribution in [3.05, 3.63) is 34.9 Å². The molecule has 1 aromatic rings. The molecule has 0 aliphatic heterocycles. The van der Waals surface area contributed by atoms with Crippen molar-refractivity contribution >= 4 is 17.6 Å². The highest BCUT2D eigenvalue weighted by molar-refractivity contribution is 6.31. The number of carbonyl (C=O) groups is 1. The van der Waals surface area contributed by atoms with E-state index in [1.165, 1.54) is 0 Å². The summed E-state index contributed by atoms with van der Waals surface area (Å²) in [6.07, 6.45) is -1.18. The van der Waals surface area contributed by atoms with Gasteiger partial charge in [0, 0.05) is 17.0 Å². The molecule has 0 unspecified atom stereocenters. The summed E-state index contributed by atoms with van der Waals surface area (Å²) in [4.78, 5) is 11.5. The van der Waals surface area contributed by atoms with Crippen molar-refractivity contribution in [3.63, 3.8) is 0 Å². The lowest BCUT2D eigenvalue weighted by atomic mass is 10.1. The number of carbonyl (C=O) groups excluding carboxylic acids is 1. The summed E-state index contributed by atoms with van der Waals surface area (Å²) in [5.41, 5.74) is 0.573. The van der Waals surface area contributed by atoms with E-state index in [1.54, 1.807) is 31.2 Å². The van der Waals surface area contributed by atoms with Gasteiger partial charge in [-0.3, -0.25) is 4.79 Å². The van der Waals surface area contributed by atoms with Crippen LogP contribution in [0.2, 0.25) is 5.02 Å². The number of esters is 1. The van der Waals surface area contributed by atoms with Gasteiger partial charge in [0.15, 0.2) is 0 Å². The molecular formula is C14H19ClO3. The Bertz CT molecular complexity index is 404. The molecule has 1 N–H and O–H groups in total. The van der Waals surface area contributed by atoms with Crippen LogP contribution in [0.25, 0.3) is 0 Å². The van der Waals surface area contributed by atoms with E-state index in [2.05, 4.69) is 0 Å². The maximum atomic E-state index is 11.5. The molecule has 2 atom stereocenters. The van der Waals surface area contributed by atoms with E-state index in [0.717, 1.165) is 0 Å². The standard InChI is InChI=1S/C14H19ClO3/c1-9(2)8-13(16)18-10(3)14(17)11-6-4-5-7-12(11)15/h4-7,9-10,14,17H,8H2,1-3H3/t10-,14+/m1/s1. The van der Waals surface area contributed by atoms with Crippen LogP contribution in [0.15, 0.2) is 24.3 Å². The Kier molecular flexibility index (Phi) is 5.63. The predicted molar refractivity (Wildman–Crippen MR) is 71.4 cm³/mol. The van der Waals surface area contributed by atoms with Crippen molar-refractivity contribution in [1.82, 2.24) is 0 Å². The lowest BCUT2D eigenvalue weighted by molar-refractivity contribution is -0.154. The first-order valence-electron chi connectivity index (χ1n) is 6.03. The number of aliphatic hydroxyl groups excluding tert-OH is 1. The minimum absolute atomic E-state index is 0.238. The molecule has 0 aromatic heterocycles. The third-order valence-corrected chi connectivity index (χ3v) is 2.90. The van der Waals surface area contributed by atoms with Gasteiger partial charge in [0.1, 0.15) is 12.2 Å². The third-order valence-electron chi connectivity index (χ3n) is 2.56. The Balaban J connectivity index is 2.64. The average Bonchev–Trinajstić information content (AvgIpc) is 2.27. The molecule has 0 aliphatic rings. The zero-order valence-electron chi connectivity index (χ0n) is 10.9. The first kappa shape index (κ1) is 15.0. The molecule has 0 fully saturated rings. The van der Waals surface area contributed by atoms with E-state index in [9.17, 15) is 9.90 Å². The lowest BCUT2D eigenvalue weighted by Crippen LogP contribution is -2.23. The Labute approximate surface area is 113 Å². The maximum absolute atomic E-state index is 11.5. The predicted octanol–water partition coefficient (Wildman–Crippen LogP) is 3.35. The van der Waals surface area contributed by atoms with Gasteiger partial charge in [-0.25, -0.2) is 0 Å². The van der Waals surface area contributed by atoms with Crippen LogP contribution in [0.1, 0.15) is 38.9 Å². The zero-order chi connectivity index (χ0) is 13.7. The van der Waals surface area contributed by atoms with Crippen LogP contribution in [-0.2, 0) is 9.53 Å². The molecule has 0 aliphatic carbocycles. The van der Waals surface area contributed by atoms with Crippen molar-refractivity contribution in [3.8, 4) is 0 Å². The molecule has 3 nitrogen and oxygen atoms in total. The summed E-state index contributed by atoms with van der Waals surface area (Å²) in [5, 5.41) is 10.6. The molecule has 0 saturated heterocycles. The molecule has 100 valence electrons. The van der Waals surface area contributed by atoms with E-state index >= 15 is 0 Å². The van der Waals surface area contributed by atoms with Crippen LogP contribution in [0, 0.1) is 5.92 Å². The van der Waals surface area contributed by atoms with E-state index in [4.69, 9.17) is 16.3 Å². The zero-order valence-corrected chi connectivity index (χ0v) is 11.6. The highest BCUT2D eigenvalue weighted by Crippen LogP contribution is 2.26. The summed E-state index contributed by atoms with van der Waals surface area (Å²) in [6.45, 7) is 5.54. The fraction of sp³-hybridized carbons (Fsp3) is 0.500.